The highest BCUT2D eigenvalue weighted by molar-refractivity contribution is 6.21. The molecule has 0 atom stereocenters. The molecule has 0 bridgehead atoms. The molecule has 2 heterocycles. The summed E-state index contributed by atoms with van der Waals surface area (Å²) in [6.07, 6.45) is 0. The third-order valence-corrected chi connectivity index (χ3v) is 13.6. The normalized spacial score (nSPS) is 12.2. The third kappa shape index (κ3) is 4.69. The minimum absolute atomic E-state index is 1.16. The molecule has 11 aromatic carbocycles. The van der Waals surface area contributed by atoms with E-state index in [2.05, 4.69) is 228 Å². The van der Waals surface area contributed by atoms with Gasteiger partial charge in [-0.1, -0.05) is 158 Å². The lowest BCUT2D eigenvalue weighted by Gasteiger charge is -2.13. The Hall–Kier alpha value is -8.20. The molecule has 0 saturated heterocycles. The fourth-order valence-electron chi connectivity index (χ4n) is 10.8. The van der Waals surface area contributed by atoms with Gasteiger partial charge in [-0.05, 0) is 132 Å². The van der Waals surface area contributed by atoms with Gasteiger partial charge in [-0.2, -0.15) is 0 Å². The van der Waals surface area contributed by atoms with Crippen LogP contribution in [0.25, 0.3) is 132 Å². The van der Waals surface area contributed by atoms with E-state index in [1.54, 1.807) is 0 Å². The molecule has 14 rings (SSSR count). The average molecular weight is 785 g/mol. The first kappa shape index (κ1) is 33.6. The highest BCUT2D eigenvalue weighted by Crippen LogP contribution is 2.49. The van der Waals surface area contributed by atoms with Crippen molar-refractivity contribution in [3.8, 4) is 55.9 Å². The van der Waals surface area contributed by atoms with Crippen molar-refractivity contribution < 1.29 is 0 Å². The molecule has 0 saturated carbocycles. The molecule has 0 N–H and O–H groups in total. The monoisotopic (exact) mass is 784 g/mol. The molecule has 2 aromatic heterocycles. The first-order chi connectivity index (χ1) is 30.7. The van der Waals surface area contributed by atoms with Gasteiger partial charge in [-0.15, -0.1) is 0 Å². The van der Waals surface area contributed by atoms with Gasteiger partial charge in [-0.3, -0.25) is 0 Å². The van der Waals surface area contributed by atoms with Gasteiger partial charge in [0.2, 0.25) is 0 Å². The summed E-state index contributed by atoms with van der Waals surface area (Å²) in [6.45, 7) is 0. The Labute approximate surface area is 357 Å². The van der Waals surface area contributed by atoms with E-state index in [-0.39, 0.29) is 0 Å². The molecule has 286 valence electrons. The lowest BCUT2D eigenvalue weighted by atomic mass is 9.93. The van der Waals surface area contributed by atoms with E-state index in [0.717, 1.165) is 5.69 Å². The molecule has 1 aliphatic rings. The van der Waals surface area contributed by atoms with Crippen molar-refractivity contribution in [3.05, 3.63) is 218 Å². The second-order valence-electron chi connectivity index (χ2n) is 16.9. The summed E-state index contributed by atoms with van der Waals surface area (Å²) in [5.41, 5.74) is 17.4. The summed E-state index contributed by atoms with van der Waals surface area (Å²) >= 11 is 0. The number of hydrogen-bond acceptors (Lipinski definition) is 0. The van der Waals surface area contributed by atoms with Gasteiger partial charge >= 0.3 is 0 Å². The Kier molecular flexibility index (Phi) is 6.86. The molecule has 0 radical (unpaired) electrons. The first-order valence-corrected chi connectivity index (χ1v) is 21.5. The van der Waals surface area contributed by atoms with Crippen LogP contribution in [0, 0.1) is 0 Å². The minimum Gasteiger partial charge on any atom is -0.309 e. The van der Waals surface area contributed by atoms with Gasteiger partial charge in [0, 0.05) is 38.3 Å². The van der Waals surface area contributed by atoms with Crippen molar-refractivity contribution in [1.82, 2.24) is 9.13 Å². The number of nitrogens with zero attached hydrogens (tertiary/aromatic N) is 2. The SMILES string of the molecule is c1ccc(-n2c3ccccc3c3cc(-c4ccc5c(c4)c4ccc6ccccc6c4n5-c4ccc5ccc(-c6ccc7c8c(cccc68)-c6ccccc6-7)cc5c4)ccc32)cc1. The quantitative estimate of drug-likeness (QED) is 0.168. The van der Waals surface area contributed by atoms with Crippen LogP contribution in [0.5, 0.6) is 0 Å². The van der Waals surface area contributed by atoms with Crippen molar-refractivity contribution in [2.24, 2.45) is 0 Å². The van der Waals surface area contributed by atoms with E-state index in [0.29, 0.717) is 0 Å². The van der Waals surface area contributed by atoms with Gasteiger partial charge in [0.05, 0.1) is 22.1 Å². The highest BCUT2D eigenvalue weighted by Gasteiger charge is 2.23. The predicted molar refractivity (Wildman–Crippen MR) is 263 cm³/mol. The summed E-state index contributed by atoms with van der Waals surface area (Å²) in [5, 5.41) is 12.6. The van der Waals surface area contributed by atoms with Gasteiger partial charge in [0.1, 0.15) is 0 Å². The van der Waals surface area contributed by atoms with Crippen LogP contribution >= 0.6 is 0 Å². The fraction of sp³-hybridized carbons (Fsp3) is 0. The van der Waals surface area contributed by atoms with Crippen molar-refractivity contribution in [3.63, 3.8) is 0 Å². The number of benzene rings is 11. The van der Waals surface area contributed by atoms with Crippen LogP contribution in [0.15, 0.2) is 218 Å². The molecule has 2 heteroatoms. The fourth-order valence-corrected chi connectivity index (χ4v) is 10.8. The average Bonchev–Trinajstić information content (AvgIpc) is 3.98. The van der Waals surface area contributed by atoms with Crippen LogP contribution in [0.4, 0.5) is 0 Å². The maximum atomic E-state index is 2.50. The number of aromatic nitrogens is 2. The van der Waals surface area contributed by atoms with E-state index in [1.807, 2.05) is 0 Å². The molecule has 62 heavy (non-hydrogen) atoms. The summed E-state index contributed by atoms with van der Waals surface area (Å²) in [6, 6.07) is 81.1. The molecular formula is C60H36N2. The molecular weight excluding hydrogens is 749 g/mol. The van der Waals surface area contributed by atoms with E-state index in [4.69, 9.17) is 0 Å². The Morgan fingerprint density at radius 1 is 0.242 bits per heavy atom. The largest absolute Gasteiger partial charge is 0.309 e. The van der Waals surface area contributed by atoms with E-state index in [9.17, 15) is 0 Å². The predicted octanol–water partition coefficient (Wildman–Crippen LogP) is 16.3. The van der Waals surface area contributed by atoms with Gasteiger partial charge in [-0.25, -0.2) is 0 Å². The molecule has 0 fully saturated rings. The number of fused-ring (bicyclic) bond motifs is 12. The second-order valence-corrected chi connectivity index (χ2v) is 16.9. The van der Waals surface area contributed by atoms with Crippen molar-refractivity contribution >= 4 is 75.9 Å². The molecule has 13 aromatic rings. The summed E-state index contributed by atoms with van der Waals surface area (Å²) in [5.74, 6) is 0. The van der Waals surface area contributed by atoms with Crippen LogP contribution in [-0.4, -0.2) is 9.13 Å². The maximum Gasteiger partial charge on any atom is 0.0619 e. The number of hydrogen-bond donors (Lipinski definition) is 0. The summed E-state index contributed by atoms with van der Waals surface area (Å²) in [7, 11) is 0. The van der Waals surface area contributed by atoms with Gasteiger partial charge in [0.15, 0.2) is 0 Å². The van der Waals surface area contributed by atoms with Crippen LogP contribution < -0.4 is 0 Å². The van der Waals surface area contributed by atoms with Crippen LogP contribution in [0.3, 0.4) is 0 Å². The van der Waals surface area contributed by atoms with E-state index < -0.39 is 0 Å². The van der Waals surface area contributed by atoms with Crippen LogP contribution in [-0.2, 0) is 0 Å². The molecule has 0 unspecified atom stereocenters. The van der Waals surface area contributed by atoms with Crippen LogP contribution in [0.1, 0.15) is 0 Å². The zero-order chi connectivity index (χ0) is 40.5. The molecule has 2 nitrogen and oxygen atoms in total. The summed E-state index contributed by atoms with van der Waals surface area (Å²) < 4.78 is 4.88. The van der Waals surface area contributed by atoms with Crippen molar-refractivity contribution in [2.75, 3.05) is 0 Å². The van der Waals surface area contributed by atoms with Crippen molar-refractivity contribution in [1.29, 1.82) is 0 Å². The number of rotatable bonds is 4. The van der Waals surface area contributed by atoms with Gasteiger partial charge in [0.25, 0.3) is 0 Å². The zero-order valence-corrected chi connectivity index (χ0v) is 33.7. The van der Waals surface area contributed by atoms with Crippen LogP contribution in [0.2, 0.25) is 0 Å². The molecule has 0 aliphatic heterocycles. The molecule has 1 aliphatic carbocycles. The second kappa shape index (κ2) is 12.7. The number of para-hydroxylation sites is 2. The minimum atomic E-state index is 1.16. The smallest absolute Gasteiger partial charge is 0.0619 e. The van der Waals surface area contributed by atoms with E-state index in [1.165, 1.54) is 126 Å². The molecule has 0 spiro atoms. The maximum absolute atomic E-state index is 2.50. The highest BCUT2D eigenvalue weighted by atomic mass is 15.0. The Bertz CT molecular complexity index is 4000. The Morgan fingerprint density at radius 2 is 0.839 bits per heavy atom. The first-order valence-electron chi connectivity index (χ1n) is 21.5. The van der Waals surface area contributed by atoms with Gasteiger partial charge < -0.3 is 9.13 Å². The van der Waals surface area contributed by atoms with E-state index >= 15 is 0 Å². The summed E-state index contributed by atoms with van der Waals surface area (Å²) in [4.78, 5) is 0. The lowest BCUT2D eigenvalue weighted by molar-refractivity contribution is 1.18. The standard InChI is InChI=1S/C60H36N2/c1-2-12-43(13-3-1)61-56-20-9-8-17-49(56)54-35-39(25-31-57(54)61)40-26-32-58-55(36-40)53-28-24-38-11-4-5-14-46(38)60(53)62(58)44-27-23-37-21-22-41(33-42(37)34-44)45-29-30-52-48-16-7-6-15-47(48)51-19-10-18-50(45)59(51)52/h1-36H. The molecule has 0 amide bonds. The Balaban J connectivity index is 0.946. The lowest BCUT2D eigenvalue weighted by Crippen LogP contribution is -1.95. The zero-order valence-electron chi connectivity index (χ0n) is 33.7. The third-order valence-electron chi connectivity index (χ3n) is 13.6. The topological polar surface area (TPSA) is 9.86 Å². The van der Waals surface area contributed by atoms with Crippen molar-refractivity contribution in [2.45, 2.75) is 0 Å². The Morgan fingerprint density at radius 3 is 1.68 bits per heavy atom.